The molecule has 3 heterocycles. The minimum atomic E-state index is -0.474. The molecule has 0 saturated carbocycles. The number of hydrogen-bond acceptors (Lipinski definition) is 5. The number of fused-ring (bicyclic) bond motifs is 1. The normalized spacial score (nSPS) is 21.0. The van der Waals surface area contributed by atoms with Crippen LogP contribution in [-0.4, -0.2) is 75.6 Å². The molecule has 0 radical (unpaired) electrons. The number of carbonyl (C=O) groups is 3. The Morgan fingerprint density at radius 3 is 2.33 bits per heavy atom. The Hall–Kier alpha value is -2.71. The Kier molecular flexibility index (Phi) is 5.62. The van der Waals surface area contributed by atoms with Gasteiger partial charge in [-0.15, -0.1) is 0 Å². The van der Waals surface area contributed by atoms with Gasteiger partial charge in [-0.2, -0.15) is 9.78 Å². The highest BCUT2D eigenvalue weighted by Gasteiger charge is 2.42. The van der Waals surface area contributed by atoms with E-state index in [4.69, 9.17) is 11.6 Å². The molecule has 2 aliphatic rings. The molecular weight excluding hydrogens is 406 g/mol. The van der Waals surface area contributed by atoms with Crippen molar-refractivity contribution in [3.8, 4) is 0 Å². The van der Waals surface area contributed by atoms with Gasteiger partial charge in [-0.05, 0) is 29.5 Å². The smallest absolute Gasteiger partial charge is 0.322 e. The highest BCUT2D eigenvalue weighted by Crippen LogP contribution is 2.32. The van der Waals surface area contributed by atoms with Gasteiger partial charge in [0.1, 0.15) is 0 Å². The minimum absolute atomic E-state index is 0.217. The zero-order chi connectivity index (χ0) is 21.4. The molecule has 2 aromatic rings. The number of imide groups is 1. The third-order valence-electron chi connectivity index (χ3n) is 5.95. The molecule has 30 heavy (non-hydrogen) atoms. The maximum Gasteiger partial charge on any atom is 0.344 e. The average Bonchev–Trinajstić information content (AvgIpc) is 3.43. The molecule has 8 nitrogen and oxygen atoms in total. The summed E-state index contributed by atoms with van der Waals surface area (Å²) in [4.78, 5) is 41.6. The van der Waals surface area contributed by atoms with E-state index in [0.29, 0.717) is 24.9 Å². The van der Waals surface area contributed by atoms with Crippen LogP contribution in [0.15, 0.2) is 36.7 Å². The summed E-state index contributed by atoms with van der Waals surface area (Å²) >= 11 is 5.96. The minimum Gasteiger partial charge on any atom is -0.322 e. The van der Waals surface area contributed by atoms with Gasteiger partial charge in [0.05, 0.1) is 11.8 Å². The second kappa shape index (κ2) is 8.20. The first-order valence-electron chi connectivity index (χ1n) is 9.91. The Morgan fingerprint density at radius 2 is 1.73 bits per heavy atom. The number of benzene rings is 1. The van der Waals surface area contributed by atoms with Crippen LogP contribution in [0.4, 0.5) is 4.79 Å². The van der Waals surface area contributed by atoms with E-state index < -0.39 is 5.91 Å². The van der Waals surface area contributed by atoms with Crippen molar-refractivity contribution in [2.45, 2.75) is 13.5 Å². The fourth-order valence-electron chi connectivity index (χ4n) is 4.24. The van der Waals surface area contributed by atoms with E-state index in [0.717, 1.165) is 29.6 Å². The zero-order valence-corrected chi connectivity index (χ0v) is 17.7. The topological polar surface area (TPSA) is 78.8 Å². The Bertz CT molecular complexity index is 959. The Labute approximate surface area is 180 Å². The quantitative estimate of drug-likeness (QED) is 0.747. The van der Waals surface area contributed by atoms with Crippen molar-refractivity contribution in [3.63, 3.8) is 0 Å². The van der Waals surface area contributed by atoms with Crippen molar-refractivity contribution >= 4 is 29.4 Å². The predicted octanol–water partition coefficient (Wildman–Crippen LogP) is 2.19. The van der Waals surface area contributed by atoms with Gasteiger partial charge in [0.2, 0.25) is 5.91 Å². The molecule has 2 fully saturated rings. The molecule has 0 aliphatic carbocycles. The molecule has 2 atom stereocenters. The molecule has 0 spiro atoms. The fraction of sp³-hybridized carbons (Fsp3) is 0.429. The lowest BCUT2D eigenvalue weighted by Crippen LogP contribution is -2.36. The van der Waals surface area contributed by atoms with E-state index in [9.17, 15) is 14.4 Å². The first-order valence-corrected chi connectivity index (χ1v) is 10.3. The molecule has 9 heteroatoms. The summed E-state index contributed by atoms with van der Waals surface area (Å²) in [7, 11) is 1.40. The molecule has 0 bridgehead atoms. The Morgan fingerprint density at radius 1 is 1.10 bits per heavy atom. The lowest BCUT2D eigenvalue weighted by Gasteiger charge is -2.21. The van der Waals surface area contributed by atoms with Gasteiger partial charge >= 0.3 is 6.03 Å². The Balaban J connectivity index is 1.34. The SMILES string of the molecule is CC(=O)N(C)C(=O)c1cnn(C(=O)N2CC3CN(Cc4ccc(Cl)cc4)CC3C2)c1. The second-order valence-electron chi connectivity index (χ2n) is 8.09. The van der Waals surface area contributed by atoms with Crippen molar-refractivity contribution in [1.82, 2.24) is 24.5 Å². The van der Waals surface area contributed by atoms with Crippen LogP contribution in [-0.2, 0) is 11.3 Å². The molecule has 1 aromatic carbocycles. The van der Waals surface area contributed by atoms with Crippen LogP contribution in [0.1, 0.15) is 22.8 Å². The fourth-order valence-corrected chi connectivity index (χ4v) is 4.37. The van der Waals surface area contributed by atoms with Crippen LogP contribution in [0, 0.1) is 11.8 Å². The van der Waals surface area contributed by atoms with Gasteiger partial charge in [-0.25, -0.2) is 4.79 Å². The average molecular weight is 430 g/mol. The van der Waals surface area contributed by atoms with Crippen LogP contribution < -0.4 is 0 Å². The van der Waals surface area contributed by atoms with Crippen molar-refractivity contribution in [3.05, 3.63) is 52.8 Å². The van der Waals surface area contributed by atoms with Crippen molar-refractivity contribution in [2.24, 2.45) is 11.8 Å². The summed E-state index contributed by atoms with van der Waals surface area (Å²) in [6, 6.07) is 7.67. The standard InChI is InChI=1S/C21H24ClN5O3/c1-14(28)24(2)20(29)16-7-23-27(13-16)21(30)26-11-17-9-25(10-18(17)12-26)8-15-3-5-19(22)6-4-15/h3-7,13,17-18H,8-12H2,1-2H3. The van der Waals surface area contributed by atoms with Gasteiger partial charge in [0.15, 0.2) is 0 Å². The number of rotatable bonds is 3. The van der Waals surface area contributed by atoms with Crippen molar-refractivity contribution < 1.29 is 14.4 Å². The monoisotopic (exact) mass is 429 g/mol. The number of halogens is 1. The molecule has 2 unspecified atom stereocenters. The van der Waals surface area contributed by atoms with E-state index in [-0.39, 0.29) is 17.5 Å². The molecule has 2 saturated heterocycles. The number of aromatic nitrogens is 2. The number of nitrogens with zero attached hydrogens (tertiary/aromatic N) is 5. The van der Waals surface area contributed by atoms with Gasteiger partial charge < -0.3 is 4.90 Å². The summed E-state index contributed by atoms with van der Waals surface area (Å²) in [6.07, 6.45) is 2.72. The summed E-state index contributed by atoms with van der Waals surface area (Å²) in [5.74, 6) is 0.0239. The van der Waals surface area contributed by atoms with Crippen LogP contribution in [0.5, 0.6) is 0 Å². The summed E-state index contributed by atoms with van der Waals surface area (Å²) in [5.41, 5.74) is 1.45. The van der Waals surface area contributed by atoms with Crippen LogP contribution in [0.25, 0.3) is 0 Å². The van der Waals surface area contributed by atoms with E-state index in [1.54, 1.807) is 4.90 Å². The van der Waals surface area contributed by atoms with Gasteiger partial charge in [-0.3, -0.25) is 19.4 Å². The molecule has 1 aromatic heterocycles. The van der Waals surface area contributed by atoms with Crippen LogP contribution >= 0.6 is 11.6 Å². The molecule has 4 rings (SSSR count). The van der Waals surface area contributed by atoms with E-state index in [1.807, 2.05) is 24.3 Å². The summed E-state index contributed by atoms with van der Waals surface area (Å²) in [6.45, 7) is 5.44. The second-order valence-corrected chi connectivity index (χ2v) is 8.52. The van der Waals surface area contributed by atoms with Crippen LogP contribution in [0.2, 0.25) is 5.02 Å². The van der Waals surface area contributed by atoms with E-state index in [1.165, 1.54) is 36.6 Å². The van der Waals surface area contributed by atoms with Gasteiger partial charge in [0, 0.05) is 57.9 Å². The molecular formula is C21H24ClN5O3. The largest absolute Gasteiger partial charge is 0.344 e. The molecule has 2 aliphatic heterocycles. The molecule has 158 valence electrons. The summed E-state index contributed by atoms with van der Waals surface area (Å²) in [5, 5.41) is 4.78. The lowest BCUT2D eigenvalue weighted by atomic mass is 10.0. The zero-order valence-electron chi connectivity index (χ0n) is 17.0. The third-order valence-corrected chi connectivity index (χ3v) is 6.21. The number of amides is 3. The van der Waals surface area contributed by atoms with E-state index in [2.05, 4.69) is 10.00 Å². The third kappa shape index (κ3) is 4.11. The van der Waals surface area contributed by atoms with Crippen LogP contribution in [0.3, 0.4) is 0 Å². The van der Waals surface area contributed by atoms with Gasteiger partial charge in [-0.1, -0.05) is 23.7 Å². The number of hydrogen-bond donors (Lipinski definition) is 0. The van der Waals surface area contributed by atoms with E-state index >= 15 is 0 Å². The maximum atomic E-state index is 12.8. The predicted molar refractivity (Wildman–Crippen MR) is 111 cm³/mol. The first kappa shape index (κ1) is 20.6. The highest BCUT2D eigenvalue weighted by atomic mass is 35.5. The van der Waals surface area contributed by atoms with Crippen molar-refractivity contribution in [1.29, 1.82) is 0 Å². The molecule has 0 N–H and O–H groups in total. The summed E-state index contributed by atoms with van der Waals surface area (Å²) < 4.78 is 1.19. The maximum absolute atomic E-state index is 12.8. The lowest BCUT2D eigenvalue weighted by molar-refractivity contribution is -0.125. The highest BCUT2D eigenvalue weighted by molar-refractivity contribution is 6.30. The van der Waals surface area contributed by atoms with Gasteiger partial charge in [0.25, 0.3) is 5.91 Å². The molecule has 3 amide bonds. The number of carbonyl (C=O) groups excluding carboxylic acids is 3. The number of likely N-dealkylation sites (tertiary alicyclic amines) is 2. The van der Waals surface area contributed by atoms with Crippen molar-refractivity contribution in [2.75, 3.05) is 33.2 Å². The first-order chi connectivity index (χ1) is 14.3.